The Labute approximate surface area is 151 Å². The maximum absolute atomic E-state index is 12.5. The molecule has 2 N–H and O–H groups in total. The van der Waals surface area contributed by atoms with Crippen LogP contribution in [0.1, 0.15) is 31.1 Å². The zero-order valence-corrected chi connectivity index (χ0v) is 15.5. The van der Waals surface area contributed by atoms with E-state index < -0.39 is 15.4 Å². The molecule has 0 unspecified atom stereocenters. The molecule has 9 nitrogen and oxygen atoms in total. The molecule has 0 bridgehead atoms. The Morgan fingerprint density at radius 3 is 2.85 bits per heavy atom. The molecule has 2 heterocycles. The summed E-state index contributed by atoms with van der Waals surface area (Å²) in [5.74, 6) is 0.576. The fourth-order valence-electron chi connectivity index (χ4n) is 2.67. The molecule has 0 saturated carbocycles. The number of nitrogens with zero attached hydrogens (tertiary/aromatic N) is 2. The van der Waals surface area contributed by atoms with Gasteiger partial charge in [-0.1, -0.05) is 5.16 Å². The molecule has 10 heteroatoms. The van der Waals surface area contributed by atoms with Crippen LogP contribution in [-0.2, 0) is 38.0 Å². The number of rotatable bonds is 7. The van der Waals surface area contributed by atoms with Crippen molar-refractivity contribution >= 4 is 21.6 Å². The lowest BCUT2D eigenvalue weighted by Gasteiger charge is -2.16. The van der Waals surface area contributed by atoms with E-state index in [4.69, 9.17) is 9.26 Å². The van der Waals surface area contributed by atoms with Crippen LogP contribution in [0.15, 0.2) is 27.6 Å². The summed E-state index contributed by atoms with van der Waals surface area (Å²) in [5.41, 5.74) is 0.521. The first-order valence-corrected chi connectivity index (χ1v) is 9.48. The number of anilines is 1. The van der Waals surface area contributed by atoms with E-state index in [0.29, 0.717) is 23.0 Å². The van der Waals surface area contributed by atoms with Gasteiger partial charge in [0.2, 0.25) is 15.9 Å². The third-order valence-electron chi connectivity index (χ3n) is 4.21. The summed E-state index contributed by atoms with van der Waals surface area (Å²) >= 11 is 0. The van der Waals surface area contributed by atoms with Crippen molar-refractivity contribution in [2.45, 2.75) is 37.2 Å². The number of nitrogens with one attached hydrogen (secondary N) is 2. The molecular formula is C16H20N4O5S. The SMILES string of the molecule is COCc1nc(CCNS(=O)(=O)c2ccc3c(c2)C(C)(C)C(=O)N3)no1. The maximum atomic E-state index is 12.5. The molecule has 0 aliphatic carbocycles. The van der Waals surface area contributed by atoms with E-state index in [1.807, 2.05) is 0 Å². The number of hydrogen-bond acceptors (Lipinski definition) is 7. The fraction of sp³-hybridized carbons (Fsp3) is 0.438. The van der Waals surface area contributed by atoms with Gasteiger partial charge in [0, 0.05) is 25.8 Å². The molecule has 0 saturated heterocycles. The molecule has 1 aliphatic rings. The second-order valence-electron chi connectivity index (χ2n) is 6.47. The Morgan fingerprint density at radius 1 is 1.35 bits per heavy atom. The van der Waals surface area contributed by atoms with Gasteiger partial charge in [-0.3, -0.25) is 4.79 Å². The van der Waals surface area contributed by atoms with Gasteiger partial charge in [-0.25, -0.2) is 13.1 Å². The summed E-state index contributed by atoms with van der Waals surface area (Å²) in [5, 5.41) is 6.51. The van der Waals surface area contributed by atoms with Crippen LogP contribution < -0.4 is 10.0 Å². The van der Waals surface area contributed by atoms with Crippen LogP contribution in [0.5, 0.6) is 0 Å². The van der Waals surface area contributed by atoms with Crippen molar-refractivity contribution in [3.63, 3.8) is 0 Å². The Hall–Kier alpha value is -2.30. The molecule has 1 aromatic heterocycles. The van der Waals surface area contributed by atoms with Crippen LogP contribution in [-0.4, -0.2) is 38.1 Å². The standard InChI is InChI=1S/C16H20N4O5S/c1-16(2)11-8-10(4-5-12(11)18-15(16)21)26(22,23)17-7-6-13-19-14(9-24-3)25-20-13/h4-5,8,17H,6-7,9H2,1-3H3,(H,18,21). The number of fused-ring (bicyclic) bond motifs is 1. The second kappa shape index (κ2) is 6.78. The van der Waals surface area contributed by atoms with E-state index in [9.17, 15) is 13.2 Å². The number of hydrogen-bond donors (Lipinski definition) is 2. The van der Waals surface area contributed by atoms with E-state index >= 15 is 0 Å². The van der Waals surface area contributed by atoms with Crippen molar-refractivity contribution in [3.8, 4) is 0 Å². The minimum Gasteiger partial charge on any atom is -0.375 e. The summed E-state index contributed by atoms with van der Waals surface area (Å²) in [6, 6.07) is 4.60. The number of sulfonamides is 1. The van der Waals surface area contributed by atoms with Crippen LogP contribution in [0, 0.1) is 0 Å². The van der Waals surface area contributed by atoms with Gasteiger partial charge in [0.15, 0.2) is 5.82 Å². The number of amides is 1. The minimum atomic E-state index is -3.72. The van der Waals surface area contributed by atoms with Crippen molar-refractivity contribution in [1.29, 1.82) is 0 Å². The lowest BCUT2D eigenvalue weighted by molar-refractivity contribution is -0.119. The number of aromatic nitrogens is 2. The molecule has 0 fully saturated rings. The maximum Gasteiger partial charge on any atom is 0.252 e. The van der Waals surface area contributed by atoms with Crippen molar-refractivity contribution in [2.24, 2.45) is 0 Å². The predicted molar refractivity (Wildman–Crippen MR) is 92.0 cm³/mol. The molecule has 2 aromatic rings. The highest BCUT2D eigenvalue weighted by molar-refractivity contribution is 7.89. The molecule has 1 aliphatic heterocycles. The molecule has 1 amide bonds. The van der Waals surface area contributed by atoms with Crippen LogP contribution in [0.3, 0.4) is 0 Å². The molecule has 0 radical (unpaired) electrons. The Morgan fingerprint density at radius 2 is 2.12 bits per heavy atom. The van der Waals surface area contributed by atoms with E-state index in [1.165, 1.54) is 19.2 Å². The minimum absolute atomic E-state index is 0.106. The largest absolute Gasteiger partial charge is 0.375 e. The number of carbonyl (C=O) groups excluding carboxylic acids is 1. The number of ether oxygens (including phenoxy) is 1. The fourth-order valence-corrected chi connectivity index (χ4v) is 3.73. The quantitative estimate of drug-likeness (QED) is 0.733. The van der Waals surface area contributed by atoms with Crippen LogP contribution in [0.2, 0.25) is 0 Å². The average molecular weight is 380 g/mol. The van der Waals surface area contributed by atoms with Gasteiger partial charge >= 0.3 is 0 Å². The van der Waals surface area contributed by atoms with Gasteiger partial charge in [0.25, 0.3) is 5.89 Å². The number of methoxy groups -OCH3 is 1. The van der Waals surface area contributed by atoms with Crippen LogP contribution in [0.4, 0.5) is 5.69 Å². The summed E-state index contributed by atoms with van der Waals surface area (Å²) < 4.78 is 37.4. The van der Waals surface area contributed by atoms with Crippen molar-refractivity contribution < 1.29 is 22.5 Å². The van der Waals surface area contributed by atoms with E-state index in [-0.39, 0.29) is 30.4 Å². The van der Waals surface area contributed by atoms with Crippen molar-refractivity contribution in [3.05, 3.63) is 35.5 Å². The summed E-state index contributed by atoms with van der Waals surface area (Å²) in [7, 11) is -2.21. The summed E-state index contributed by atoms with van der Waals surface area (Å²) in [6.45, 7) is 3.83. The topological polar surface area (TPSA) is 123 Å². The van der Waals surface area contributed by atoms with Crippen molar-refractivity contribution in [1.82, 2.24) is 14.9 Å². The van der Waals surface area contributed by atoms with Crippen LogP contribution in [0.25, 0.3) is 0 Å². The first kappa shape index (κ1) is 18.5. The van der Waals surface area contributed by atoms with Gasteiger partial charge in [-0.05, 0) is 37.6 Å². The lowest BCUT2D eigenvalue weighted by atomic mass is 9.86. The predicted octanol–water partition coefficient (Wildman–Crippen LogP) is 0.967. The molecule has 1 aromatic carbocycles. The average Bonchev–Trinajstić information content (AvgIpc) is 3.10. The smallest absolute Gasteiger partial charge is 0.252 e. The number of benzene rings is 1. The summed E-state index contributed by atoms with van der Waals surface area (Å²) in [6.07, 6.45) is 0.281. The van der Waals surface area contributed by atoms with E-state index in [1.54, 1.807) is 19.9 Å². The Bertz CT molecular complexity index is 936. The first-order chi connectivity index (χ1) is 12.2. The highest BCUT2D eigenvalue weighted by atomic mass is 32.2. The first-order valence-electron chi connectivity index (χ1n) is 8.00. The second-order valence-corrected chi connectivity index (χ2v) is 8.24. The van der Waals surface area contributed by atoms with Crippen molar-refractivity contribution in [2.75, 3.05) is 19.0 Å². The normalized spacial score (nSPS) is 15.7. The van der Waals surface area contributed by atoms with Gasteiger partial charge in [0.1, 0.15) is 6.61 Å². The zero-order chi connectivity index (χ0) is 18.9. The van der Waals surface area contributed by atoms with Gasteiger partial charge < -0.3 is 14.6 Å². The van der Waals surface area contributed by atoms with E-state index in [2.05, 4.69) is 20.2 Å². The molecular weight excluding hydrogens is 360 g/mol. The number of carbonyl (C=O) groups is 1. The molecule has 26 heavy (non-hydrogen) atoms. The third kappa shape index (κ3) is 3.48. The molecule has 3 rings (SSSR count). The van der Waals surface area contributed by atoms with Gasteiger partial charge in [-0.2, -0.15) is 4.98 Å². The highest BCUT2D eigenvalue weighted by Gasteiger charge is 2.39. The Kier molecular flexibility index (Phi) is 4.82. The van der Waals surface area contributed by atoms with Gasteiger partial charge in [-0.15, -0.1) is 0 Å². The monoisotopic (exact) mass is 380 g/mol. The zero-order valence-electron chi connectivity index (χ0n) is 14.7. The molecule has 0 spiro atoms. The van der Waals surface area contributed by atoms with Gasteiger partial charge in [0.05, 0.1) is 10.3 Å². The molecule has 0 atom stereocenters. The molecule has 140 valence electrons. The van der Waals surface area contributed by atoms with Crippen LogP contribution >= 0.6 is 0 Å². The highest BCUT2D eigenvalue weighted by Crippen LogP contribution is 2.38. The third-order valence-corrected chi connectivity index (χ3v) is 5.67. The van der Waals surface area contributed by atoms with E-state index in [0.717, 1.165) is 0 Å². The Balaban J connectivity index is 1.69. The lowest BCUT2D eigenvalue weighted by Crippen LogP contribution is -2.28. The summed E-state index contributed by atoms with van der Waals surface area (Å²) in [4.78, 5) is 16.2.